The smallest absolute Gasteiger partial charge is 0.253 e. The van der Waals surface area contributed by atoms with Crippen molar-refractivity contribution in [3.05, 3.63) is 37.8 Å². The zero-order chi connectivity index (χ0) is 15.0. The Morgan fingerprint density at radius 3 is 2.95 bits per heavy atom. The van der Waals surface area contributed by atoms with Crippen molar-refractivity contribution in [2.75, 3.05) is 5.75 Å². The third-order valence-corrected chi connectivity index (χ3v) is 6.02. The number of ketones is 1. The van der Waals surface area contributed by atoms with E-state index in [1.165, 1.54) is 34.4 Å². The summed E-state index contributed by atoms with van der Waals surface area (Å²) in [5.74, 6) is 0.0881. The van der Waals surface area contributed by atoms with Crippen molar-refractivity contribution in [3.63, 3.8) is 0 Å². The number of thioether (sulfide) groups is 1. The van der Waals surface area contributed by atoms with Crippen LogP contribution in [0.2, 0.25) is 4.34 Å². The summed E-state index contributed by atoms with van der Waals surface area (Å²) in [7, 11) is 0. The van der Waals surface area contributed by atoms with Crippen molar-refractivity contribution in [1.82, 2.24) is 9.97 Å². The van der Waals surface area contributed by atoms with Gasteiger partial charge in [0.1, 0.15) is 10.4 Å². The van der Waals surface area contributed by atoms with E-state index < -0.39 is 5.56 Å². The number of nitrogens with zero attached hydrogens (tertiary/aromatic N) is 1. The molecule has 0 aliphatic heterocycles. The Labute approximate surface area is 135 Å². The van der Waals surface area contributed by atoms with Crippen molar-refractivity contribution in [2.24, 2.45) is 0 Å². The van der Waals surface area contributed by atoms with Crippen LogP contribution in [-0.2, 0) is 0 Å². The number of carbonyl (C=O) groups is 1. The predicted molar refractivity (Wildman–Crippen MR) is 86.3 cm³/mol. The summed E-state index contributed by atoms with van der Waals surface area (Å²) < 4.78 is 1.69. The van der Waals surface area contributed by atoms with Gasteiger partial charge in [0.15, 0.2) is 15.8 Å². The second kappa shape index (κ2) is 5.80. The molecular weight excluding hydrogens is 352 g/mol. The molecule has 0 bridgehead atoms. The quantitative estimate of drug-likeness (QED) is 0.551. The first-order chi connectivity index (χ1) is 10.0. The number of hydrogen-bond donors (Lipinski definition) is 2. The Morgan fingerprint density at radius 1 is 1.43 bits per heavy atom. The van der Waals surface area contributed by atoms with Gasteiger partial charge in [-0.1, -0.05) is 23.4 Å². The first-order valence-corrected chi connectivity index (χ1v) is 8.67. The molecule has 3 rings (SSSR count). The number of aromatic nitrogens is 2. The maximum atomic E-state index is 12.0. The van der Waals surface area contributed by atoms with E-state index >= 15 is 0 Å². The second-order valence-electron chi connectivity index (χ2n) is 3.99. The van der Waals surface area contributed by atoms with E-state index in [4.69, 9.17) is 11.6 Å². The molecule has 0 unspecified atom stereocenters. The number of thiophene rings is 1. The molecule has 9 heteroatoms. The van der Waals surface area contributed by atoms with Crippen LogP contribution >= 0.6 is 46.0 Å². The molecule has 5 nitrogen and oxygen atoms in total. The van der Waals surface area contributed by atoms with Gasteiger partial charge in [0, 0.05) is 6.07 Å². The maximum Gasteiger partial charge on any atom is 0.253 e. The number of aromatic amines is 1. The maximum absolute atomic E-state index is 12.0. The largest absolute Gasteiger partial charge is 0.506 e. The fraction of sp³-hybridized carbons (Fsp3) is 0.0833. The fourth-order valence-corrected chi connectivity index (χ4v) is 4.59. The van der Waals surface area contributed by atoms with Crippen LogP contribution in [0.4, 0.5) is 0 Å². The number of nitrogens with one attached hydrogen (secondary N) is 1. The minimum atomic E-state index is -0.411. The van der Waals surface area contributed by atoms with E-state index in [1.54, 1.807) is 12.1 Å². The number of hydrogen-bond acceptors (Lipinski definition) is 7. The minimum Gasteiger partial charge on any atom is -0.506 e. The third-order valence-electron chi connectivity index (χ3n) is 2.52. The van der Waals surface area contributed by atoms with Crippen LogP contribution in [0.3, 0.4) is 0 Å². The minimum absolute atomic E-state index is 0.0335. The van der Waals surface area contributed by atoms with Gasteiger partial charge in [0.25, 0.3) is 5.56 Å². The molecule has 108 valence electrons. The van der Waals surface area contributed by atoms with Crippen molar-refractivity contribution in [2.45, 2.75) is 4.34 Å². The van der Waals surface area contributed by atoms with Gasteiger partial charge in [-0.05, 0) is 12.1 Å². The van der Waals surface area contributed by atoms with Gasteiger partial charge >= 0.3 is 0 Å². The normalized spacial score (nSPS) is 11.1. The molecule has 3 aromatic rings. The molecule has 0 spiro atoms. The van der Waals surface area contributed by atoms with Gasteiger partial charge in [-0.15, -0.1) is 22.7 Å². The average molecular weight is 359 g/mol. The van der Waals surface area contributed by atoms with E-state index in [1.807, 2.05) is 0 Å². The summed E-state index contributed by atoms with van der Waals surface area (Å²) in [6.07, 6.45) is 0. The van der Waals surface area contributed by atoms with Crippen LogP contribution < -0.4 is 5.56 Å². The molecule has 0 amide bonds. The Bertz CT molecular complexity index is 883. The van der Waals surface area contributed by atoms with E-state index in [2.05, 4.69) is 9.97 Å². The van der Waals surface area contributed by atoms with Crippen LogP contribution in [0.15, 0.2) is 27.3 Å². The molecular formula is C12H7ClN2O3S3. The molecule has 0 saturated heterocycles. The third kappa shape index (κ3) is 3.13. The first kappa shape index (κ1) is 14.6. The van der Waals surface area contributed by atoms with Gasteiger partial charge in [-0.25, -0.2) is 4.98 Å². The van der Waals surface area contributed by atoms with Gasteiger partial charge in [-0.2, -0.15) is 0 Å². The van der Waals surface area contributed by atoms with Crippen LogP contribution in [0.1, 0.15) is 9.67 Å². The number of aromatic hydroxyl groups is 1. The summed E-state index contributed by atoms with van der Waals surface area (Å²) >= 11 is 9.53. The van der Waals surface area contributed by atoms with Gasteiger partial charge in [0.05, 0.1) is 15.0 Å². The van der Waals surface area contributed by atoms with Crippen molar-refractivity contribution < 1.29 is 9.90 Å². The summed E-state index contributed by atoms with van der Waals surface area (Å²) in [5.41, 5.74) is -0.0785. The Balaban J connectivity index is 1.78. The van der Waals surface area contributed by atoms with Gasteiger partial charge in [-0.3, -0.25) is 9.59 Å². The van der Waals surface area contributed by atoms with Crippen LogP contribution in [0, 0.1) is 0 Å². The molecule has 3 heterocycles. The van der Waals surface area contributed by atoms with E-state index in [0.29, 0.717) is 23.9 Å². The highest BCUT2D eigenvalue weighted by Gasteiger charge is 2.13. The standard InChI is InChI=1S/C12H7ClN2O3S3/c13-8-2-1-7(20-8)6(17)4-19-12-15-11-10(21-12)5(16)3-9(18)14-11/h1-3H,4H2,(H2,14,16,18). The van der Waals surface area contributed by atoms with Crippen molar-refractivity contribution in [1.29, 1.82) is 0 Å². The number of Topliss-reactive ketones (excluding diaryl/α,β-unsaturated/α-hetero) is 1. The lowest BCUT2D eigenvalue weighted by Gasteiger charge is -1.94. The predicted octanol–water partition coefficient (Wildman–Crippen LogP) is 3.38. The monoisotopic (exact) mass is 358 g/mol. The molecule has 21 heavy (non-hydrogen) atoms. The highest BCUT2D eigenvalue weighted by molar-refractivity contribution is 8.01. The summed E-state index contributed by atoms with van der Waals surface area (Å²) in [6, 6.07) is 4.48. The Morgan fingerprint density at radius 2 is 2.24 bits per heavy atom. The molecule has 2 N–H and O–H groups in total. The highest BCUT2D eigenvalue weighted by Crippen LogP contribution is 2.33. The Hall–Kier alpha value is -1.35. The second-order valence-corrected chi connectivity index (χ2v) is 7.93. The zero-order valence-corrected chi connectivity index (χ0v) is 13.5. The van der Waals surface area contributed by atoms with Crippen LogP contribution in [0.25, 0.3) is 10.3 Å². The highest BCUT2D eigenvalue weighted by atomic mass is 35.5. The van der Waals surface area contributed by atoms with Crippen molar-refractivity contribution in [3.8, 4) is 5.75 Å². The summed E-state index contributed by atoms with van der Waals surface area (Å²) in [4.78, 5) is 30.6. The molecule has 0 aromatic carbocycles. The molecule has 0 aliphatic carbocycles. The molecule has 0 radical (unpaired) electrons. The van der Waals surface area contributed by atoms with E-state index in [-0.39, 0.29) is 17.3 Å². The molecule has 0 fully saturated rings. The van der Waals surface area contributed by atoms with E-state index in [0.717, 1.165) is 6.07 Å². The number of rotatable bonds is 4. The van der Waals surface area contributed by atoms with Crippen molar-refractivity contribution >= 4 is 62.2 Å². The van der Waals surface area contributed by atoms with Gasteiger partial charge < -0.3 is 10.1 Å². The lowest BCUT2D eigenvalue weighted by Crippen LogP contribution is -2.02. The number of thiazole rings is 1. The summed E-state index contributed by atoms with van der Waals surface area (Å²) in [5, 5.41) is 9.68. The van der Waals surface area contributed by atoms with Crippen LogP contribution in [-0.4, -0.2) is 26.6 Å². The number of carbonyl (C=O) groups excluding carboxylic acids is 1. The first-order valence-electron chi connectivity index (χ1n) is 5.67. The van der Waals surface area contributed by atoms with E-state index in [9.17, 15) is 14.7 Å². The molecule has 0 atom stereocenters. The summed E-state index contributed by atoms with van der Waals surface area (Å²) in [6.45, 7) is 0. The fourth-order valence-electron chi connectivity index (χ4n) is 1.63. The number of fused-ring (bicyclic) bond motifs is 1. The topological polar surface area (TPSA) is 83.0 Å². The Kier molecular flexibility index (Phi) is 4.03. The lowest BCUT2D eigenvalue weighted by molar-refractivity contribution is 0.102. The zero-order valence-electron chi connectivity index (χ0n) is 10.3. The van der Waals surface area contributed by atoms with Gasteiger partial charge in [0.2, 0.25) is 0 Å². The number of halogens is 1. The molecule has 0 saturated carbocycles. The van der Waals surface area contributed by atoms with Crippen LogP contribution in [0.5, 0.6) is 5.75 Å². The molecule has 3 aromatic heterocycles. The number of H-pyrrole nitrogens is 1. The SMILES string of the molecule is O=C(CSc1nc2[nH]c(=O)cc(O)c2s1)c1ccc(Cl)s1. The average Bonchev–Trinajstić information content (AvgIpc) is 3.02. The lowest BCUT2D eigenvalue weighted by atomic mass is 10.4. The number of pyridine rings is 1. The molecule has 0 aliphatic rings.